The van der Waals surface area contributed by atoms with Crippen LogP contribution in [0.25, 0.3) is 0 Å². The lowest BCUT2D eigenvalue weighted by molar-refractivity contribution is -0.142. The van der Waals surface area contributed by atoms with Gasteiger partial charge in [-0.05, 0) is 32.3 Å². The van der Waals surface area contributed by atoms with Gasteiger partial charge in [-0.2, -0.15) is 0 Å². The summed E-state index contributed by atoms with van der Waals surface area (Å²) in [6.45, 7) is 3.35. The number of nitrogens with zero attached hydrogens (tertiary/aromatic N) is 1. The van der Waals surface area contributed by atoms with Crippen LogP contribution in [0.4, 0.5) is 0 Å². The average molecular weight is 404 g/mol. The zero-order valence-corrected chi connectivity index (χ0v) is 16.6. The first-order valence-electron chi connectivity index (χ1n) is 9.64. The maximum atomic E-state index is 12.9. The average Bonchev–Trinajstić information content (AvgIpc) is 3.17. The third-order valence-electron chi connectivity index (χ3n) is 4.87. The quantitative estimate of drug-likeness (QED) is 0.466. The number of likely N-dealkylation sites (tertiary alicyclic amines) is 1. The van der Waals surface area contributed by atoms with E-state index in [1.807, 2.05) is 30.3 Å². The van der Waals surface area contributed by atoms with E-state index < -0.39 is 42.0 Å². The second kappa shape index (κ2) is 10.0. The van der Waals surface area contributed by atoms with Crippen molar-refractivity contribution < 1.29 is 24.3 Å². The van der Waals surface area contributed by atoms with Crippen LogP contribution in [0.15, 0.2) is 30.3 Å². The highest BCUT2D eigenvalue weighted by Gasteiger charge is 2.37. The highest BCUT2D eigenvalue weighted by Crippen LogP contribution is 2.18. The Morgan fingerprint density at radius 1 is 1.17 bits per heavy atom. The number of nitrogens with two attached hydrogens (primary N) is 1. The topological polar surface area (TPSA) is 142 Å². The molecule has 29 heavy (non-hydrogen) atoms. The predicted octanol–water partition coefficient (Wildman–Crippen LogP) is -0.359. The normalized spacial score (nSPS) is 19.1. The Kier molecular flexibility index (Phi) is 7.72. The first-order valence-corrected chi connectivity index (χ1v) is 9.64. The number of aliphatic carboxylic acids is 1. The number of hydrogen-bond donors (Lipinski definition) is 4. The van der Waals surface area contributed by atoms with Crippen molar-refractivity contribution in [2.75, 3.05) is 6.54 Å². The molecule has 3 amide bonds. The van der Waals surface area contributed by atoms with Crippen LogP contribution in [0.2, 0.25) is 0 Å². The summed E-state index contributed by atoms with van der Waals surface area (Å²) in [6.07, 6.45) is 1.34. The molecule has 158 valence electrons. The Bertz CT molecular complexity index is 752. The summed E-state index contributed by atoms with van der Waals surface area (Å²) in [5.74, 6) is -2.53. The summed E-state index contributed by atoms with van der Waals surface area (Å²) in [5.41, 5.74) is 6.48. The number of carboxylic acids is 1. The maximum absolute atomic E-state index is 12.9. The monoisotopic (exact) mass is 404 g/mol. The van der Waals surface area contributed by atoms with Crippen molar-refractivity contribution in [3.05, 3.63) is 35.9 Å². The standard InChI is InChI=1S/C20H28N4O5/c1-12(21)19(27)24-10-6-9-16(24)18(26)23-15(11-14-7-4-3-5-8-14)17(25)22-13(2)20(28)29/h3-5,7-8,12-13,15-16H,6,9-11,21H2,1-2H3,(H,22,25)(H,23,26)(H,28,29). The van der Waals surface area contributed by atoms with Crippen LogP contribution in [0, 0.1) is 0 Å². The molecule has 2 rings (SSSR count). The molecule has 0 saturated carbocycles. The third kappa shape index (κ3) is 6.02. The predicted molar refractivity (Wildman–Crippen MR) is 106 cm³/mol. The number of hydrogen-bond acceptors (Lipinski definition) is 5. The Balaban J connectivity index is 2.15. The highest BCUT2D eigenvalue weighted by molar-refractivity contribution is 5.94. The summed E-state index contributed by atoms with van der Waals surface area (Å²) in [5, 5.41) is 14.1. The Labute approximate surface area is 169 Å². The van der Waals surface area contributed by atoms with Crippen LogP contribution in [0.3, 0.4) is 0 Å². The molecule has 9 nitrogen and oxygen atoms in total. The van der Waals surface area contributed by atoms with Crippen molar-refractivity contribution in [2.24, 2.45) is 5.73 Å². The van der Waals surface area contributed by atoms with E-state index in [0.29, 0.717) is 19.4 Å². The molecule has 0 bridgehead atoms. The van der Waals surface area contributed by atoms with E-state index in [1.165, 1.54) is 11.8 Å². The fourth-order valence-electron chi connectivity index (χ4n) is 3.27. The number of carbonyl (C=O) groups is 4. The van der Waals surface area contributed by atoms with Gasteiger partial charge in [-0.3, -0.25) is 19.2 Å². The van der Waals surface area contributed by atoms with Crippen molar-refractivity contribution in [1.82, 2.24) is 15.5 Å². The Hall–Kier alpha value is -2.94. The van der Waals surface area contributed by atoms with Crippen molar-refractivity contribution in [2.45, 2.75) is 57.3 Å². The molecular formula is C20H28N4O5. The van der Waals surface area contributed by atoms with E-state index in [9.17, 15) is 19.2 Å². The largest absolute Gasteiger partial charge is 0.480 e. The summed E-state index contributed by atoms with van der Waals surface area (Å²) < 4.78 is 0. The molecule has 1 saturated heterocycles. The number of benzene rings is 1. The fourth-order valence-corrected chi connectivity index (χ4v) is 3.27. The van der Waals surface area contributed by atoms with E-state index in [2.05, 4.69) is 10.6 Å². The minimum atomic E-state index is -1.17. The molecular weight excluding hydrogens is 376 g/mol. The van der Waals surface area contributed by atoms with Gasteiger partial charge in [0.25, 0.3) is 0 Å². The minimum Gasteiger partial charge on any atom is -0.480 e. The highest BCUT2D eigenvalue weighted by atomic mass is 16.4. The fraction of sp³-hybridized carbons (Fsp3) is 0.500. The molecule has 1 aromatic carbocycles. The molecule has 0 aromatic heterocycles. The molecule has 4 atom stereocenters. The zero-order chi connectivity index (χ0) is 21.6. The van der Waals surface area contributed by atoms with E-state index in [-0.39, 0.29) is 12.3 Å². The van der Waals surface area contributed by atoms with E-state index in [4.69, 9.17) is 10.8 Å². The van der Waals surface area contributed by atoms with Gasteiger partial charge in [0.15, 0.2) is 0 Å². The van der Waals surface area contributed by atoms with Crippen molar-refractivity contribution >= 4 is 23.7 Å². The molecule has 1 fully saturated rings. The molecule has 1 heterocycles. The molecule has 4 unspecified atom stereocenters. The maximum Gasteiger partial charge on any atom is 0.325 e. The lowest BCUT2D eigenvalue weighted by Crippen LogP contribution is -2.56. The summed E-state index contributed by atoms with van der Waals surface area (Å²) in [7, 11) is 0. The first kappa shape index (κ1) is 22.4. The Morgan fingerprint density at radius 3 is 2.41 bits per heavy atom. The van der Waals surface area contributed by atoms with Gasteiger partial charge in [0.2, 0.25) is 17.7 Å². The second-order valence-corrected chi connectivity index (χ2v) is 7.30. The van der Waals surface area contributed by atoms with Gasteiger partial charge in [0.1, 0.15) is 18.1 Å². The summed E-state index contributed by atoms with van der Waals surface area (Å²) in [4.78, 5) is 50.3. The van der Waals surface area contributed by atoms with Gasteiger partial charge in [-0.1, -0.05) is 30.3 Å². The van der Waals surface area contributed by atoms with Crippen LogP contribution in [0.1, 0.15) is 32.3 Å². The van der Waals surface area contributed by atoms with Gasteiger partial charge < -0.3 is 26.4 Å². The van der Waals surface area contributed by atoms with Gasteiger partial charge in [-0.15, -0.1) is 0 Å². The first-order chi connectivity index (χ1) is 13.7. The van der Waals surface area contributed by atoms with Gasteiger partial charge >= 0.3 is 5.97 Å². The molecule has 1 aromatic rings. The molecule has 1 aliphatic heterocycles. The van der Waals surface area contributed by atoms with E-state index in [1.54, 1.807) is 6.92 Å². The van der Waals surface area contributed by atoms with Gasteiger partial charge in [0, 0.05) is 13.0 Å². The molecule has 0 radical (unpaired) electrons. The summed E-state index contributed by atoms with van der Waals surface area (Å²) in [6, 6.07) is 5.60. The number of carbonyl (C=O) groups excluding carboxylic acids is 3. The molecule has 0 spiro atoms. The van der Waals surface area contributed by atoms with E-state index in [0.717, 1.165) is 5.56 Å². The number of nitrogens with one attached hydrogen (secondary N) is 2. The van der Waals surface area contributed by atoms with Crippen LogP contribution < -0.4 is 16.4 Å². The number of carboxylic acid groups (broad SMARTS) is 1. The van der Waals surface area contributed by atoms with Crippen molar-refractivity contribution in [1.29, 1.82) is 0 Å². The molecule has 9 heteroatoms. The lowest BCUT2D eigenvalue weighted by Gasteiger charge is -2.27. The van der Waals surface area contributed by atoms with Gasteiger partial charge in [-0.25, -0.2) is 0 Å². The van der Waals surface area contributed by atoms with Crippen LogP contribution in [0.5, 0.6) is 0 Å². The van der Waals surface area contributed by atoms with Crippen molar-refractivity contribution in [3.8, 4) is 0 Å². The van der Waals surface area contributed by atoms with E-state index >= 15 is 0 Å². The second-order valence-electron chi connectivity index (χ2n) is 7.30. The minimum absolute atomic E-state index is 0.193. The Morgan fingerprint density at radius 2 is 1.83 bits per heavy atom. The summed E-state index contributed by atoms with van der Waals surface area (Å²) >= 11 is 0. The SMILES string of the molecule is CC(N)C(=O)N1CCCC1C(=O)NC(Cc1ccccc1)C(=O)NC(C)C(=O)O. The smallest absolute Gasteiger partial charge is 0.325 e. The van der Waals surface area contributed by atoms with Crippen LogP contribution >= 0.6 is 0 Å². The molecule has 0 aliphatic carbocycles. The lowest BCUT2D eigenvalue weighted by atomic mass is 10.0. The van der Waals surface area contributed by atoms with Crippen molar-refractivity contribution in [3.63, 3.8) is 0 Å². The number of rotatable bonds is 8. The van der Waals surface area contributed by atoms with Crippen LogP contribution in [-0.4, -0.2) is 64.4 Å². The zero-order valence-electron chi connectivity index (χ0n) is 16.6. The number of amides is 3. The third-order valence-corrected chi connectivity index (χ3v) is 4.87. The molecule has 1 aliphatic rings. The van der Waals surface area contributed by atoms with Crippen LogP contribution in [-0.2, 0) is 25.6 Å². The molecule has 5 N–H and O–H groups in total. The van der Waals surface area contributed by atoms with Gasteiger partial charge in [0.05, 0.1) is 6.04 Å².